The maximum atomic E-state index is 3.61. The molecular formula is C9H16ClN. The van der Waals surface area contributed by atoms with Crippen LogP contribution >= 0.6 is 12.4 Å². The molecule has 2 atom stereocenters. The summed E-state index contributed by atoms with van der Waals surface area (Å²) in [6, 6.07) is 1.65. The lowest BCUT2D eigenvalue weighted by molar-refractivity contribution is 0.473. The second kappa shape index (κ2) is 3.59. The standard InChI is InChI=1S/C9H15N.ClH/c1-2-7-5-8-3-4-9(6-7)10-8;/h2,8-10H,3-6H2,1H3;1H. The topological polar surface area (TPSA) is 12.0 Å². The van der Waals surface area contributed by atoms with E-state index < -0.39 is 0 Å². The van der Waals surface area contributed by atoms with Crippen molar-refractivity contribution in [3.63, 3.8) is 0 Å². The molecule has 2 saturated heterocycles. The first kappa shape index (κ1) is 9.08. The molecule has 2 unspecified atom stereocenters. The summed E-state index contributed by atoms with van der Waals surface area (Å²) in [7, 11) is 0. The number of hydrogen-bond acceptors (Lipinski definition) is 1. The van der Waals surface area contributed by atoms with Crippen LogP contribution in [0.4, 0.5) is 0 Å². The third kappa shape index (κ3) is 1.77. The molecule has 0 radical (unpaired) electrons. The van der Waals surface area contributed by atoms with E-state index in [1.54, 1.807) is 5.57 Å². The minimum atomic E-state index is 0. The molecule has 64 valence electrons. The van der Waals surface area contributed by atoms with Crippen LogP contribution in [0.1, 0.15) is 32.6 Å². The summed E-state index contributed by atoms with van der Waals surface area (Å²) in [5.74, 6) is 0. The Hall–Kier alpha value is -0.0100. The Morgan fingerprint density at radius 1 is 1.27 bits per heavy atom. The fraction of sp³-hybridized carbons (Fsp3) is 0.778. The van der Waals surface area contributed by atoms with Crippen LogP contribution in [0.3, 0.4) is 0 Å². The Kier molecular flexibility index (Phi) is 2.97. The van der Waals surface area contributed by atoms with Gasteiger partial charge >= 0.3 is 0 Å². The summed E-state index contributed by atoms with van der Waals surface area (Å²) in [6.45, 7) is 2.17. The molecule has 2 rings (SSSR count). The minimum absolute atomic E-state index is 0. The van der Waals surface area contributed by atoms with Gasteiger partial charge in [-0.2, -0.15) is 0 Å². The van der Waals surface area contributed by atoms with Crippen molar-refractivity contribution in [3.05, 3.63) is 11.6 Å². The van der Waals surface area contributed by atoms with Crippen molar-refractivity contribution in [3.8, 4) is 0 Å². The van der Waals surface area contributed by atoms with E-state index in [2.05, 4.69) is 18.3 Å². The van der Waals surface area contributed by atoms with Gasteiger partial charge in [0.25, 0.3) is 0 Å². The SMILES string of the molecule is CC=C1CC2CCC(C1)N2.Cl. The van der Waals surface area contributed by atoms with E-state index in [1.165, 1.54) is 25.7 Å². The number of allylic oxidation sites excluding steroid dienone is 1. The molecule has 1 nitrogen and oxygen atoms in total. The smallest absolute Gasteiger partial charge is 0.0107 e. The third-order valence-electron chi connectivity index (χ3n) is 2.76. The zero-order chi connectivity index (χ0) is 6.97. The molecule has 0 spiro atoms. The highest BCUT2D eigenvalue weighted by Gasteiger charge is 2.29. The number of piperidine rings is 1. The average Bonchev–Trinajstić information content (AvgIpc) is 2.30. The summed E-state index contributed by atoms with van der Waals surface area (Å²) < 4.78 is 0. The van der Waals surface area contributed by atoms with Crippen LogP contribution in [0.2, 0.25) is 0 Å². The van der Waals surface area contributed by atoms with Gasteiger partial charge in [0.1, 0.15) is 0 Å². The summed E-state index contributed by atoms with van der Waals surface area (Å²) in [6.07, 6.45) is 7.73. The summed E-state index contributed by atoms with van der Waals surface area (Å²) in [4.78, 5) is 0. The van der Waals surface area contributed by atoms with Crippen molar-refractivity contribution in [2.75, 3.05) is 0 Å². The zero-order valence-corrected chi connectivity index (χ0v) is 7.79. The predicted octanol–water partition coefficient (Wildman–Crippen LogP) is 2.27. The van der Waals surface area contributed by atoms with Gasteiger partial charge < -0.3 is 5.32 Å². The van der Waals surface area contributed by atoms with Crippen LogP contribution in [0, 0.1) is 0 Å². The predicted molar refractivity (Wildman–Crippen MR) is 50.2 cm³/mol. The number of hydrogen-bond donors (Lipinski definition) is 1. The van der Waals surface area contributed by atoms with E-state index >= 15 is 0 Å². The van der Waals surface area contributed by atoms with E-state index in [1.807, 2.05) is 0 Å². The van der Waals surface area contributed by atoms with Gasteiger partial charge in [-0.15, -0.1) is 12.4 Å². The number of rotatable bonds is 0. The first-order valence-corrected chi connectivity index (χ1v) is 4.28. The summed E-state index contributed by atoms with van der Waals surface area (Å²) >= 11 is 0. The van der Waals surface area contributed by atoms with Gasteiger partial charge in [-0.3, -0.25) is 0 Å². The second-order valence-corrected chi connectivity index (χ2v) is 3.49. The second-order valence-electron chi connectivity index (χ2n) is 3.49. The van der Waals surface area contributed by atoms with Gasteiger partial charge in [0.2, 0.25) is 0 Å². The molecule has 0 aromatic carbocycles. The maximum Gasteiger partial charge on any atom is 0.0107 e. The van der Waals surface area contributed by atoms with E-state index in [9.17, 15) is 0 Å². The van der Waals surface area contributed by atoms with Gasteiger partial charge in [-0.05, 0) is 32.6 Å². The summed E-state index contributed by atoms with van der Waals surface area (Å²) in [5.41, 5.74) is 1.67. The van der Waals surface area contributed by atoms with Crippen molar-refractivity contribution in [2.45, 2.75) is 44.7 Å². The number of nitrogens with one attached hydrogen (secondary N) is 1. The minimum Gasteiger partial charge on any atom is -0.311 e. The van der Waals surface area contributed by atoms with Gasteiger partial charge in [-0.1, -0.05) is 11.6 Å². The molecule has 0 aromatic rings. The van der Waals surface area contributed by atoms with E-state index in [4.69, 9.17) is 0 Å². The fourth-order valence-corrected chi connectivity index (χ4v) is 2.18. The Morgan fingerprint density at radius 2 is 1.82 bits per heavy atom. The Labute approximate surface area is 74.7 Å². The van der Waals surface area contributed by atoms with Crippen LogP contribution in [-0.4, -0.2) is 12.1 Å². The molecule has 0 aliphatic carbocycles. The van der Waals surface area contributed by atoms with Gasteiger partial charge in [0, 0.05) is 12.1 Å². The Bertz CT molecular complexity index is 151. The molecule has 2 aliphatic rings. The molecule has 2 fully saturated rings. The highest BCUT2D eigenvalue weighted by molar-refractivity contribution is 5.85. The van der Waals surface area contributed by atoms with Crippen molar-refractivity contribution >= 4 is 12.4 Å². The first-order chi connectivity index (χ1) is 4.88. The highest BCUT2D eigenvalue weighted by atomic mass is 35.5. The molecule has 11 heavy (non-hydrogen) atoms. The van der Waals surface area contributed by atoms with Crippen molar-refractivity contribution in [1.82, 2.24) is 5.32 Å². The molecule has 2 aliphatic heterocycles. The van der Waals surface area contributed by atoms with Crippen LogP contribution < -0.4 is 5.32 Å². The zero-order valence-electron chi connectivity index (χ0n) is 6.97. The summed E-state index contributed by atoms with van der Waals surface area (Å²) in [5, 5.41) is 3.61. The fourth-order valence-electron chi connectivity index (χ4n) is 2.18. The molecule has 0 amide bonds. The molecule has 0 saturated carbocycles. The number of halogens is 1. The third-order valence-corrected chi connectivity index (χ3v) is 2.76. The lowest BCUT2D eigenvalue weighted by Crippen LogP contribution is -2.34. The largest absolute Gasteiger partial charge is 0.311 e. The van der Waals surface area contributed by atoms with E-state index in [0.29, 0.717) is 0 Å². The van der Waals surface area contributed by atoms with Crippen molar-refractivity contribution in [1.29, 1.82) is 0 Å². The van der Waals surface area contributed by atoms with Crippen molar-refractivity contribution in [2.24, 2.45) is 0 Å². The lowest BCUT2D eigenvalue weighted by atomic mass is 9.99. The van der Waals surface area contributed by atoms with E-state index in [-0.39, 0.29) is 12.4 Å². The van der Waals surface area contributed by atoms with Gasteiger partial charge in [0.05, 0.1) is 0 Å². The molecular weight excluding hydrogens is 158 g/mol. The van der Waals surface area contributed by atoms with Crippen LogP contribution in [0.15, 0.2) is 11.6 Å². The maximum absolute atomic E-state index is 3.61. The first-order valence-electron chi connectivity index (χ1n) is 4.28. The Balaban J connectivity index is 0.000000605. The molecule has 1 N–H and O–H groups in total. The highest BCUT2D eigenvalue weighted by Crippen LogP contribution is 2.29. The quantitative estimate of drug-likeness (QED) is 0.555. The van der Waals surface area contributed by atoms with Gasteiger partial charge in [-0.25, -0.2) is 0 Å². The monoisotopic (exact) mass is 173 g/mol. The van der Waals surface area contributed by atoms with Crippen LogP contribution in [-0.2, 0) is 0 Å². The Morgan fingerprint density at radius 3 is 2.27 bits per heavy atom. The average molecular weight is 174 g/mol. The lowest BCUT2D eigenvalue weighted by Gasteiger charge is -2.23. The number of fused-ring (bicyclic) bond motifs is 2. The molecule has 2 heteroatoms. The van der Waals surface area contributed by atoms with Gasteiger partial charge in [0.15, 0.2) is 0 Å². The molecule has 0 aromatic heterocycles. The van der Waals surface area contributed by atoms with Crippen molar-refractivity contribution < 1.29 is 0 Å². The van der Waals surface area contributed by atoms with Crippen LogP contribution in [0.25, 0.3) is 0 Å². The van der Waals surface area contributed by atoms with Crippen LogP contribution in [0.5, 0.6) is 0 Å². The molecule has 2 heterocycles. The van der Waals surface area contributed by atoms with E-state index in [0.717, 1.165) is 12.1 Å². The molecule has 2 bridgehead atoms. The normalized spacial score (nSPS) is 34.8.